The van der Waals surface area contributed by atoms with Gasteiger partial charge in [-0.15, -0.1) is 0 Å². The zero-order valence-electron chi connectivity index (χ0n) is 10.8. The van der Waals surface area contributed by atoms with E-state index in [-0.39, 0.29) is 0 Å². The predicted octanol–water partition coefficient (Wildman–Crippen LogP) is 1.61. The summed E-state index contributed by atoms with van der Waals surface area (Å²) in [5.41, 5.74) is 6.02. The van der Waals surface area contributed by atoms with Crippen LogP contribution in [-0.4, -0.2) is 36.7 Å². The predicted molar refractivity (Wildman–Crippen MR) is 69.0 cm³/mol. The van der Waals surface area contributed by atoms with E-state index in [0.29, 0.717) is 24.5 Å². The number of hydrogen-bond acceptors (Lipinski definition) is 4. The topological polar surface area (TPSA) is 51.6 Å². The zero-order chi connectivity index (χ0) is 12.4. The molecule has 2 heterocycles. The standard InChI is InChI=1S/C14H22N2O2/c15-8-14(11-5-7-17-10-11)16(12-3-4-12)9-13-2-1-6-18-13/h1-2,6,11-12,14H,3-5,7-10,15H2. The molecule has 0 bridgehead atoms. The van der Waals surface area contributed by atoms with E-state index < -0.39 is 0 Å². The van der Waals surface area contributed by atoms with Crippen molar-refractivity contribution in [2.45, 2.75) is 37.9 Å². The molecule has 1 aromatic rings. The van der Waals surface area contributed by atoms with Crippen LogP contribution >= 0.6 is 0 Å². The monoisotopic (exact) mass is 250 g/mol. The second-order valence-electron chi connectivity index (χ2n) is 5.41. The Labute approximate surface area is 108 Å². The third kappa shape index (κ3) is 2.60. The Hall–Kier alpha value is -0.840. The summed E-state index contributed by atoms with van der Waals surface area (Å²) in [6, 6.07) is 5.14. The van der Waals surface area contributed by atoms with Gasteiger partial charge in [-0.25, -0.2) is 0 Å². The average Bonchev–Trinajstić information content (AvgIpc) is 2.89. The third-order valence-corrected chi connectivity index (χ3v) is 4.11. The minimum Gasteiger partial charge on any atom is -0.468 e. The van der Waals surface area contributed by atoms with Crippen LogP contribution in [0.5, 0.6) is 0 Å². The van der Waals surface area contributed by atoms with Crippen molar-refractivity contribution in [1.29, 1.82) is 0 Å². The van der Waals surface area contributed by atoms with E-state index in [2.05, 4.69) is 4.90 Å². The molecule has 0 amide bonds. The fraction of sp³-hybridized carbons (Fsp3) is 0.714. The van der Waals surface area contributed by atoms with Gasteiger partial charge in [0.1, 0.15) is 5.76 Å². The summed E-state index contributed by atoms with van der Waals surface area (Å²) in [4.78, 5) is 2.54. The number of nitrogens with two attached hydrogens (primary N) is 1. The Morgan fingerprint density at radius 2 is 2.28 bits per heavy atom. The molecule has 0 spiro atoms. The van der Waals surface area contributed by atoms with Crippen LogP contribution in [0.15, 0.2) is 22.8 Å². The Morgan fingerprint density at radius 3 is 2.83 bits per heavy atom. The molecule has 3 rings (SSSR count). The maximum Gasteiger partial charge on any atom is 0.117 e. The van der Waals surface area contributed by atoms with Crippen LogP contribution in [0, 0.1) is 5.92 Å². The molecule has 1 saturated heterocycles. The summed E-state index contributed by atoms with van der Waals surface area (Å²) in [7, 11) is 0. The average molecular weight is 250 g/mol. The maximum absolute atomic E-state index is 6.02. The zero-order valence-corrected chi connectivity index (χ0v) is 10.8. The summed E-state index contributed by atoms with van der Waals surface area (Å²) in [6.45, 7) is 3.35. The molecule has 18 heavy (non-hydrogen) atoms. The van der Waals surface area contributed by atoms with Gasteiger partial charge in [-0.05, 0) is 31.4 Å². The molecule has 1 aromatic heterocycles. The minimum absolute atomic E-state index is 0.435. The molecule has 2 unspecified atom stereocenters. The van der Waals surface area contributed by atoms with Crippen molar-refractivity contribution < 1.29 is 9.15 Å². The van der Waals surface area contributed by atoms with Gasteiger partial charge in [0.2, 0.25) is 0 Å². The Bertz CT molecular complexity index is 356. The number of ether oxygens (including phenoxy) is 1. The summed E-state index contributed by atoms with van der Waals surface area (Å²) in [5, 5.41) is 0. The van der Waals surface area contributed by atoms with E-state index in [9.17, 15) is 0 Å². The summed E-state index contributed by atoms with van der Waals surface area (Å²) in [5.74, 6) is 1.63. The molecule has 1 saturated carbocycles. The minimum atomic E-state index is 0.435. The highest BCUT2D eigenvalue weighted by Crippen LogP contribution is 2.33. The lowest BCUT2D eigenvalue weighted by Crippen LogP contribution is -2.46. The summed E-state index contributed by atoms with van der Waals surface area (Å²) in [6.07, 6.45) is 5.48. The van der Waals surface area contributed by atoms with Crippen molar-refractivity contribution >= 4 is 0 Å². The van der Waals surface area contributed by atoms with Crippen LogP contribution in [-0.2, 0) is 11.3 Å². The van der Waals surface area contributed by atoms with E-state index in [1.165, 1.54) is 12.8 Å². The Balaban J connectivity index is 1.70. The summed E-state index contributed by atoms with van der Waals surface area (Å²) < 4.78 is 11.0. The second kappa shape index (κ2) is 5.43. The van der Waals surface area contributed by atoms with Crippen molar-refractivity contribution in [3.63, 3.8) is 0 Å². The fourth-order valence-electron chi connectivity index (χ4n) is 2.96. The molecule has 0 radical (unpaired) electrons. The highest BCUT2D eigenvalue weighted by atomic mass is 16.5. The fourth-order valence-corrected chi connectivity index (χ4v) is 2.96. The van der Waals surface area contributed by atoms with Gasteiger partial charge in [-0.1, -0.05) is 0 Å². The first-order chi connectivity index (χ1) is 8.88. The Morgan fingerprint density at radius 1 is 1.39 bits per heavy atom. The van der Waals surface area contributed by atoms with Crippen molar-refractivity contribution in [3.8, 4) is 0 Å². The summed E-state index contributed by atoms with van der Waals surface area (Å²) >= 11 is 0. The number of nitrogens with zero attached hydrogens (tertiary/aromatic N) is 1. The number of rotatable bonds is 6. The van der Waals surface area contributed by atoms with E-state index in [1.54, 1.807) is 6.26 Å². The molecule has 0 aromatic carbocycles. The van der Waals surface area contributed by atoms with Crippen LogP contribution in [0.2, 0.25) is 0 Å². The third-order valence-electron chi connectivity index (χ3n) is 4.11. The van der Waals surface area contributed by atoms with Crippen molar-refractivity contribution in [2.75, 3.05) is 19.8 Å². The van der Waals surface area contributed by atoms with E-state index in [0.717, 1.165) is 31.9 Å². The molecule has 100 valence electrons. The number of hydrogen-bond donors (Lipinski definition) is 1. The highest BCUT2D eigenvalue weighted by molar-refractivity contribution is 5.02. The molecular weight excluding hydrogens is 228 g/mol. The van der Waals surface area contributed by atoms with E-state index in [4.69, 9.17) is 14.9 Å². The normalized spacial score (nSPS) is 25.8. The van der Waals surface area contributed by atoms with Crippen LogP contribution in [0.3, 0.4) is 0 Å². The van der Waals surface area contributed by atoms with Gasteiger partial charge in [0.05, 0.1) is 19.4 Å². The second-order valence-corrected chi connectivity index (χ2v) is 5.41. The van der Waals surface area contributed by atoms with Crippen LogP contribution in [0.1, 0.15) is 25.0 Å². The molecule has 4 nitrogen and oxygen atoms in total. The van der Waals surface area contributed by atoms with Crippen LogP contribution in [0.4, 0.5) is 0 Å². The lowest BCUT2D eigenvalue weighted by molar-refractivity contribution is 0.103. The van der Waals surface area contributed by atoms with Crippen LogP contribution < -0.4 is 5.73 Å². The number of furan rings is 1. The van der Waals surface area contributed by atoms with Gasteiger partial charge in [0.25, 0.3) is 0 Å². The first-order valence-corrected chi connectivity index (χ1v) is 6.94. The van der Waals surface area contributed by atoms with Gasteiger partial charge in [-0.3, -0.25) is 4.90 Å². The quantitative estimate of drug-likeness (QED) is 0.833. The van der Waals surface area contributed by atoms with E-state index >= 15 is 0 Å². The molecular formula is C14H22N2O2. The van der Waals surface area contributed by atoms with E-state index in [1.807, 2.05) is 12.1 Å². The molecule has 2 fully saturated rings. The highest BCUT2D eigenvalue weighted by Gasteiger charge is 2.38. The van der Waals surface area contributed by atoms with Crippen molar-refractivity contribution in [3.05, 3.63) is 24.2 Å². The molecule has 2 N–H and O–H groups in total. The van der Waals surface area contributed by atoms with Gasteiger partial charge >= 0.3 is 0 Å². The molecule has 1 aliphatic heterocycles. The maximum atomic E-state index is 6.02. The van der Waals surface area contributed by atoms with Gasteiger partial charge < -0.3 is 14.9 Å². The first kappa shape index (κ1) is 12.2. The van der Waals surface area contributed by atoms with Crippen molar-refractivity contribution in [2.24, 2.45) is 11.7 Å². The lowest BCUT2D eigenvalue weighted by atomic mass is 9.97. The smallest absolute Gasteiger partial charge is 0.117 e. The van der Waals surface area contributed by atoms with Crippen molar-refractivity contribution in [1.82, 2.24) is 4.90 Å². The van der Waals surface area contributed by atoms with Gasteiger partial charge in [-0.2, -0.15) is 0 Å². The molecule has 1 aliphatic carbocycles. The SMILES string of the molecule is NCC(C1CCOC1)N(Cc1ccco1)C1CC1. The molecule has 4 heteroatoms. The lowest BCUT2D eigenvalue weighted by Gasteiger charge is -2.34. The molecule has 2 atom stereocenters. The largest absolute Gasteiger partial charge is 0.468 e. The van der Waals surface area contributed by atoms with Gasteiger partial charge in [0.15, 0.2) is 0 Å². The molecule has 2 aliphatic rings. The van der Waals surface area contributed by atoms with Gasteiger partial charge in [0, 0.05) is 31.2 Å². The Kier molecular flexibility index (Phi) is 3.68. The van der Waals surface area contributed by atoms with Crippen LogP contribution in [0.25, 0.3) is 0 Å². The first-order valence-electron chi connectivity index (χ1n) is 6.94.